The third-order valence-corrected chi connectivity index (χ3v) is 20.1. The van der Waals surface area contributed by atoms with Gasteiger partial charge < -0.3 is 45.1 Å². The van der Waals surface area contributed by atoms with E-state index in [1.54, 1.807) is 6.08 Å². The van der Waals surface area contributed by atoms with Crippen LogP contribution < -0.4 is 5.32 Å². The van der Waals surface area contributed by atoms with Gasteiger partial charge in [0.2, 0.25) is 5.91 Å². The highest BCUT2D eigenvalue weighted by molar-refractivity contribution is 5.76. The number of ether oxygens (including phenoxy) is 3. The Labute approximate surface area is 599 Å². The van der Waals surface area contributed by atoms with Gasteiger partial charge in [-0.25, -0.2) is 0 Å². The van der Waals surface area contributed by atoms with Gasteiger partial charge in [0.15, 0.2) is 6.29 Å². The molecule has 0 saturated carbocycles. The van der Waals surface area contributed by atoms with Crippen LogP contribution in [0.4, 0.5) is 0 Å². The van der Waals surface area contributed by atoms with Crippen molar-refractivity contribution in [3.8, 4) is 0 Å². The number of carbonyl (C=O) groups is 2. The van der Waals surface area contributed by atoms with Crippen LogP contribution in [0.25, 0.3) is 0 Å². The van der Waals surface area contributed by atoms with Gasteiger partial charge in [-0.05, 0) is 83.5 Å². The van der Waals surface area contributed by atoms with E-state index in [2.05, 4.69) is 55.6 Å². The lowest BCUT2D eigenvalue weighted by Crippen LogP contribution is -2.60. The number of amides is 1. The average molecular weight is 1370 g/mol. The minimum Gasteiger partial charge on any atom is -0.466 e. The van der Waals surface area contributed by atoms with E-state index >= 15 is 0 Å². The second kappa shape index (κ2) is 74.8. The van der Waals surface area contributed by atoms with Crippen molar-refractivity contribution in [1.29, 1.82) is 0 Å². The number of carbonyl (C=O) groups excluding carboxylic acids is 2. The zero-order chi connectivity index (χ0) is 70.1. The molecular weight excluding hydrogens is 1210 g/mol. The Hall–Kier alpha value is -2.38. The molecule has 0 radical (unpaired) electrons. The number of unbranched alkanes of at least 4 members (excludes halogenated alkanes) is 56. The van der Waals surface area contributed by atoms with Crippen LogP contribution in [0.15, 0.2) is 48.6 Å². The number of hydrogen-bond acceptors (Lipinski definition) is 10. The number of rotatable bonds is 76. The SMILES string of the molecule is CCCCCC/C=C/CC/C=C/CC/C=C/C(O)C(COC1OC(CO)C(O)C(O)C1O)NC(=O)CCCCCCCCCCCCCCCCCCC/C=C\CCCCCCCCCCCCCCCCCCCCOC(=O)CCCCCCCCCCCCCCCCCC. The van der Waals surface area contributed by atoms with Crippen LogP contribution in [0.3, 0.4) is 0 Å². The number of aliphatic hydroxyl groups excluding tert-OH is 5. The van der Waals surface area contributed by atoms with Gasteiger partial charge in [-0.2, -0.15) is 0 Å². The fourth-order valence-electron chi connectivity index (χ4n) is 13.5. The second-order valence-corrected chi connectivity index (χ2v) is 29.5. The maximum Gasteiger partial charge on any atom is 0.305 e. The Kier molecular flexibility index (Phi) is 71.4. The summed E-state index contributed by atoms with van der Waals surface area (Å²) in [5, 5.41) is 54.6. The lowest BCUT2D eigenvalue weighted by molar-refractivity contribution is -0.302. The monoisotopic (exact) mass is 1370 g/mol. The first-order chi connectivity index (χ1) is 47.7. The van der Waals surface area contributed by atoms with E-state index in [4.69, 9.17) is 14.2 Å². The van der Waals surface area contributed by atoms with E-state index in [0.717, 1.165) is 64.2 Å². The van der Waals surface area contributed by atoms with Gasteiger partial charge in [0, 0.05) is 12.8 Å². The molecule has 97 heavy (non-hydrogen) atoms. The quantitative estimate of drug-likeness (QED) is 0.0195. The van der Waals surface area contributed by atoms with Crippen LogP contribution in [0, 0.1) is 0 Å². The minimum absolute atomic E-state index is 0.0207. The molecule has 0 aliphatic carbocycles. The van der Waals surface area contributed by atoms with E-state index in [1.165, 1.54) is 334 Å². The Morgan fingerprint density at radius 1 is 0.371 bits per heavy atom. The largest absolute Gasteiger partial charge is 0.466 e. The lowest BCUT2D eigenvalue weighted by Gasteiger charge is -2.40. The summed E-state index contributed by atoms with van der Waals surface area (Å²) in [4.78, 5) is 25.2. The highest BCUT2D eigenvalue weighted by atomic mass is 16.7. The number of esters is 1. The summed E-state index contributed by atoms with van der Waals surface area (Å²) in [7, 11) is 0. The summed E-state index contributed by atoms with van der Waals surface area (Å²) in [5.41, 5.74) is 0. The first kappa shape index (κ1) is 92.6. The van der Waals surface area contributed by atoms with Gasteiger partial charge in [0.25, 0.3) is 0 Å². The van der Waals surface area contributed by atoms with Gasteiger partial charge in [-0.1, -0.05) is 377 Å². The molecule has 1 aliphatic heterocycles. The zero-order valence-corrected chi connectivity index (χ0v) is 63.8. The van der Waals surface area contributed by atoms with Gasteiger partial charge in [-0.15, -0.1) is 0 Å². The first-order valence-electron chi connectivity index (χ1n) is 42.4. The number of allylic oxidation sites excluding steroid dienone is 7. The smallest absolute Gasteiger partial charge is 0.305 e. The number of hydrogen-bond donors (Lipinski definition) is 6. The first-order valence-corrected chi connectivity index (χ1v) is 42.4. The fourth-order valence-corrected chi connectivity index (χ4v) is 13.5. The van der Waals surface area contributed by atoms with E-state index < -0.39 is 49.5 Å². The molecule has 0 bridgehead atoms. The Balaban J connectivity index is 1.88. The number of aliphatic hydroxyl groups is 5. The molecule has 11 heteroatoms. The van der Waals surface area contributed by atoms with Gasteiger partial charge >= 0.3 is 5.97 Å². The van der Waals surface area contributed by atoms with E-state index in [-0.39, 0.29) is 18.5 Å². The molecule has 1 rings (SSSR count). The number of nitrogens with one attached hydrogen (secondary N) is 1. The highest BCUT2D eigenvalue weighted by Crippen LogP contribution is 2.24. The molecule has 1 fully saturated rings. The van der Waals surface area contributed by atoms with Crippen LogP contribution in [0.5, 0.6) is 0 Å². The van der Waals surface area contributed by atoms with Crippen molar-refractivity contribution >= 4 is 11.9 Å². The van der Waals surface area contributed by atoms with Gasteiger partial charge in [0.05, 0.1) is 32.0 Å². The normalized spacial score (nSPS) is 17.5. The van der Waals surface area contributed by atoms with Crippen molar-refractivity contribution in [3.05, 3.63) is 48.6 Å². The average Bonchev–Trinajstić information content (AvgIpc) is 0.843. The minimum atomic E-state index is -1.58. The summed E-state index contributed by atoms with van der Waals surface area (Å²) < 4.78 is 16.8. The van der Waals surface area contributed by atoms with Crippen LogP contribution >= 0.6 is 0 Å². The molecule has 0 aromatic heterocycles. The molecule has 0 aromatic carbocycles. The Bertz CT molecular complexity index is 1750. The van der Waals surface area contributed by atoms with Crippen LogP contribution in [-0.2, 0) is 23.8 Å². The topological polar surface area (TPSA) is 175 Å². The van der Waals surface area contributed by atoms with Crippen molar-refractivity contribution in [2.45, 2.75) is 468 Å². The van der Waals surface area contributed by atoms with Crippen LogP contribution in [0.1, 0.15) is 425 Å². The standard InChI is InChI=1S/C86H161NO10/c1-3-5-7-9-11-13-15-17-19-46-50-54-58-62-66-70-74-82(91)95-75-71-67-63-59-55-51-47-44-42-40-38-36-34-32-30-28-26-24-22-20-21-23-25-27-29-31-33-35-37-39-41-43-45-49-53-57-61-65-69-73-81(90)87-78(77-96-86-85(94)84(93)83(92)80(76-88)97-86)79(89)72-68-64-60-56-52-48-18-16-14-12-10-8-6-4-2/h14,16,20-21,52,56,68,72,78-80,83-86,88-89,92-94H,3-13,15,17-19,22-51,53-55,57-67,69-71,73-77H2,1-2H3,(H,87,90)/b16-14+,21-20-,56-52+,72-68+. The van der Waals surface area contributed by atoms with Gasteiger partial charge in [0.1, 0.15) is 24.4 Å². The van der Waals surface area contributed by atoms with Crippen molar-refractivity contribution in [2.75, 3.05) is 19.8 Å². The van der Waals surface area contributed by atoms with E-state index in [9.17, 15) is 35.1 Å². The zero-order valence-electron chi connectivity index (χ0n) is 63.8. The Morgan fingerprint density at radius 3 is 1.03 bits per heavy atom. The highest BCUT2D eigenvalue weighted by Gasteiger charge is 2.44. The van der Waals surface area contributed by atoms with Crippen molar-refractivity contribution in [2.24, 2.45) is 0 Å². The lowest BCUT2D eigenvalue weighted by atomic mass is 9.99. The van der Waals surface area contributed by atoms with E-state index in [0.29, 0.717) is 19.4 Å². The molecule has 1 amide bonds. The molecule has 7 unspecified atom stereocenters. The molecule has 0 spiro atoms. The maximum atomic E-state index is 13.1. The van der Waals surface area contributed by atoms with Crippen molar-refractivity contribution < 1.29 is 49.3 Å². The fraction of sp³-hybridized carbons (Fsp3) is 0.884. The predicted octanol–water partition coefficient (Wildman–Crippen LogP) is 23.4. The maximum absolute atomic E-state index is 13.1. The summed E-state index contributed by atoms with van der Waals surface area (Å²) in [6, 6.07) is -0.832. The van der Waals surface area contributed by atoms with Crippen molar-refractivity contribution in [1.82, 2.24) is 5.32 Å². The molecule has 1 saturated heterocycles. The molecule has 0 aromatic rings. The summed E-state index contributed by atoms with van der Waals surface area (Å²) >= 11 is 0. The molecule has 6 N–H and O–H groups in total. The van der Waals surface area contributed by atoms with Gasteiger partial charge in [-0.3, -0.25) is 9.59 Å². The summed E-state index contributed by atoms with van der Waals surface area (Å²) in [5.74, 6) is -0.170. The summed E-state index contributed by atoms with van der Waals surface area (Å²) in [6.45, 7) is 4.36. The Morgan fingerprint density at radius 2 is 0.670 bits per heavy atom. The molecule has 11 nitrogen and oxygen atoms in total. The molecule has 570 valence electrons. The predicted molar refractivity (Wildman–Crippen MR) is 412 cm³/mol. The third kappa shape index (κ3) is 63.1. The molecular formula is C86H161NO10. The molecule has 1 heterocycles. The second-order valence-electron chi connectivity index (χ2n) is 29.5. The van der Waals surface area contributed by atoms with E-state index in [1.807, 2.05) is 6.08 Å². The van der Waals surface area contributed by atoms with Crippen molar-refractivity contribution in [3.63, 3.8) is 0 Å². The van der Waals surface area contributed by atoms with Crippen LogP contribution in [-0.4, -0.2) is 100 Å². The van der Waals surface area contributed by atoms with Crippen LogP contribution in [0.2, 0.25) is 0 Å². The third-order valence-electron chi connectivity index (χ3n) is 20.1. The summed E-state index contributed by atoms with van der Waals surface area (Å²) in [6.07, 6.45) is 90.2. The molecule has 7 atom stereocenters. The molecule has 1 aliphatic rings.